The fraction of sp³-hybridized carbons (Fsp3) is 0.909. The zero-order chi connectivity index (χ0) is 10.4. The molecule has 0 radical (unpaired) electrons. The Bertz CT molecular complexity index is 176. The van der Waals surface area contributed by atoms with Gasteiger partial charge in [0.05, 0.1) is 0 Å². The lowest BCUT2D eigenvalue weighted by molar-refractivity contribution is -0.121. The molecule has 1 atom stereocenters. The Morgan fingerprint density at radius 2 is 2.07 bits per heavy atom. The van der Waals surface area contributed by atoms with Crippen molar-refractivity contribution in [3.05, 3.63) is 0 Å². The number of carbonyl (C=O) groups is 1. The van der Waals surface area contributed by atoms with Crippen molar-refractivity contribution < 1.29 is 4.79 Å². The quantitative estimate of drug-likeness (QED) is 0.724. The monoisotopic (exact) mass is 198 g/mol. The molecule has 1 aliphatic rings. The van der Waals surface area contributed by atoms with Gasteiger partial charge in [-0.25, -0.2) is 0 Å². The van der Waals surface area contributed by atoms with E-state index in [-0.39, 0.29) is 5.91 Å². The molecule has 1 fully saturated rings. The van der Waals surface area contributed by atoms with Gasteiger partial charge in [0, 0.05) is 19.0 Å². The number of rotatable bonds is 5. The molecular weight excluding hydrogens is 176 g/mol. The van der Waals surface area contributed by atoms with E-state index in [0.29, 0.717) is 12.5 Å². The highest BCUT2D eigenvalue weighted by atomic mass is 16.1. The van der Waals surface area contributed by atoms with Gasteiger partial charge in [0.2, 0.25) is 5.91 Å². The molecule has 1 amide bonds. The topological polar surface area (TPSA) is 32.3 Å². The normalized spacial score (nSPS) is 19.6. The van der Waals surface area contributed by atoms with Crippen molar-refractivity contribution in [3.8, 4) is 0 Å². The molecule has 82 valence electrons. The lowest BCUT2D eigenvalue weighted by Gasteiger charge is -2.21. The SMILES string of the molecule is CCCC(=O)NC(C)CN1CCCC1. The Balaban J connectivity index is 2.14. The minimum absolute atomic E-state index is 0.194. The zero-order valence-corrected chi connectivity index (χ0v) is 9.38. The van der Waals surface area contributed by atoms with Gasteiger partial charge >= 0.3 is 0 Å². The second-order valence-corrected chi connectivity index (χ2v) is 4.23. The lowest BCUT2D eigenvalue weighted by Crippen LogP contribution is -2.40. The first-order valence-electron chi connectivity index (χ1n) is 5.74. The van der Waals surface area contributed by atoms with Crippen LogP contribution in [0.25, 0.3) is 0 Å². The summed E-state index contributed by atoms with van der Waals surface area (Å²) in [6.45, 7) is 7.54. The molecular formula is C11H22N2O. The van der Waals surface area contributed by atoms with Crippen LogP contribution in [-0.4, -0.2) is 36.5 Å². The van der Waals surface area contributed by atoms with E-state index in [2.05, 4.69) is 17.1 Å². The average molecular weight is 198 g/mol. The van der Waals surface area contributed by atoms with Crippen LogP contribution in [-0.2, 0) is 4.79 Å². The third kappa shape index (κ3) is 4.09. The lowest BCUT2D eigenvalue weighted by atomic mass is 10.2. The minimum Gasteiger partial charge on any atom is -0.352 e. The summed E-state index contributed by atoms with van der Waals surface area (Å²) in [6.07, 6.45) is 4.22. The maximum atomic E-state index is 11.3. The number of amides is 1. The van der Waals surface area contributed by atoms with E-state index in [1.165, 1.54) is 25.9 Å². The maximum Gasteiger partial charge on any atom is 0.220 e. The third-order valence-corrected chi connectivity index (χ3v) is 2.62. The Labute approximate surface area is 86.9 Å². The number of nitrogens with zero attached hydrogens (tertiary/aromatic N) is 1. The summed E-state index contributed by atoms with van der Waals surface area (Å²) < 4.78 is 0. The number of hydrogen-bond donors (Lipinski definition) is 1. The number of likely N-dealkylation sites (tertiary alicyclic amines) is 1. The zero-order valence-electron chi connectivity index (χ0n) is 9.38. The first-order valence-corrected chi connectivity index (χ1v) is 5.74. The standard InChI is InChI=1S/C11H22N2O/c1-3-6-11(14)12-10(2)9-13-7-4-5-8-13/h10H,3-9H2,1-2H3,(H,12,14). The first kappa shape index (κ1) is 11.5. The molecule has 1 unspecified atom stereocenters. The molecule has 1 aliphatic heterocycles. The summed E-state index contributed by atoms with van der Waals surface area (Å²) in [5.74, 6) is 0.194. The second kappa shape index (κ2) is 6.02. The van der Waals surface area contributed by atoms with Gasteiger partial charge in [0.15, 0.2) is 0 Å². The van der Waals surface area contributed by atoms with E-state index in [0.717, 1.165) is 13.0 Å². The molecule has 1 N–H and O–H groups in total. The van der Waals surface area contributed by atoms with E-state index in [4.69, 9.17) is 0 Å². The Kier molecular flexibility index (Phi) is 4.94. The predicted octanol–water partition coefficient (Wildman–Crippen LogP) is 1.39. The largest absolute Gasteiger partial charge is 0.352 e. The molecule has 1 saturated heterocycles. The average Bonchev–Trinajstić information content (AvgIpc) is 2.56. The number of carbonyl (C=O) groups excluding carboxylic acids is 1. The number of hydrogen-bond acceptors (Lipinski definition) is 2. The van der Waals surface area contributed by atoms with Crippen LogP contribution in [0.3, 0.4) is 0 Å². The van der Waals surface area contributed by atoms with Gasteiger partial charge in [0.25, 0.3) is 0 Å². The molecule has 0 spiro atoms. The van der Waals surface area contributed by atoms with Gasteiger partial charge < -0.3 is 10.2 Å². The molecule has 3 nitrogen and oxygen atoms in total. The number of nitrogens with one attached hydrogen (secondary N) is 1. The van der Waals surface area contributed by atoms with Crippen molar-refractivity contribution >= 4 is 5.91 Å². The molecule has 1 rings (SSSR count). The van der Waals surface area contributed by atoms with Crippen LogP contribution in [0.1, 0.15) is 39.5 Å². The van der Waals surface area contributed by atoms with Gasteiger partial charge in [-0.05, 0) is 39.3 Å². The summed E-state index contributed by atoms with van der Waals surface area (Å²) in [4.78, 5) is 13.7. The maximum absolute atomic E-state index is 11.3. The summed E-state index contributed by atoms with van der Waals surface area (Å²) >= 11 is 0. The van der Waals surface area contributed by atoms with Crippen molar-refractivity contribution in [2.24, 2.45) is 0 Å². The van der Waals surface area contributed by atoms with Crippen molar-refractivity contribution in [2.45, 2.75) is 45.6 Å². The van der Waals surface area contributed by atoms with Crippen molar-refractivity contribution in [3.63, 3.8) is 0 Å². The van der Waals surface area contributed by atoms with Crippen LogP contribution < -0.4 is 5.32 Å². The highest BCUT2D eigenvalue weighted by Crippen LogP contribution is 2.07. The molecule has 0 aromatic carbocycles. The Morgan fingerprint density at radius 3 is 2.64 bits per heavy atom. The van der Waals surface area contributed by atoms with Gasteiger partial charge in [-0.2, -0.15) is 0 Å². The first-order chi connectivity index (χ1) is 6.72. The molecule has 0 saturated carbocycles. The van der Waals surface area contributed by atoms with Crippen LogP contribution >= 0.6 is 0 Å². The summed E-state index contributed by atoms with van der Waals surface area (Å²) in [6, 6.07) is 0.298. The van der Waals surface area contributed by atoms with Crippen molar-refractivity contribution in [2.75, 3.05) is 19.6 Å². The van der Waals surface area contributed by atoms with Crippen LogP contribution in [0.15, 0.2) is 0 Å². The fourth-order valence-corrected chi connectivity index (χ4v) is 1.97. The molecule has 0 aliphatic carbocycles. The highest BCUT2D eigenvalue weighted by molar-refractivity contribution is 5.76. The van der Waals surface area contributed by atoms with Crippen LogP contribution in [0.4, 0.5) is 0 Å². The van der Waals surface area contributed by atoms with Crippen LogP contribution in [0, 0.1) is 0 Å². The van der Waals surface area contributed by atoms with E-state index in [1.807, 2.05) is 6.92 Å². The van der Waals surface area contributed by atoms with E-state index >= 15 is 0 Å². The van der Waals surface area contributed by atoms with Gasteiger partial charge in [-0.3, -0.25) is 4.79 Å². The molecule has 14 heavy (non-hydrogen) atoms. The van der Waals surface area contributed by atoms with Gasteiger partial charge in [0.1, 0.15) is 0 Å². The molecule has 3 heteroatoms. The molecule has 0 aromatic heterocycles. The van der Waals surface area contributed by atoms with Crippen molar-refractivity contribution in [1.82, 2.24) is 10.2 Å². The molecule has 0 bridgehead atoms. The Morgan fingerprint density at radius 1 is 1.43 bits per heavy atom. The summed E-state index contributed by atoms with van der Waals surface area (Å²) in [5.41, 5.74) is 0. The highest BCUT2D eigenvalue weighted by Gasteiger charge is 2.15. The van der Waals surface area contributed by atoms with Gasteiger partial charge in [-0.15, -0.1) is 0 Å². The van der Waals surface area contributed by atoms with Crippen molar-refractivity contribution in [1.29, 1.82) is 0 Å². The smallest absolute Gasteiger partial charge is 0.220 e. The second-order valence-electron chi connectivity index (χ2n) is 4.23. The van der Waals surface area contributed by atoms with E-state index < -0.39 is 0 Å². The van der Waals surface area contributed by atoms with E-state index in [9.17, 15) is 4.79 Å². The molecule has 1 heterocycles. The fourth-order valence-electron chi connectivity index (χ4n) is 1.97. The summed E-state index contributed by atoms with van der Waals surface area (Å²) in [7, 11) is 0. The van der Waals surface area contributed by atoms with Gasteiger partial charge in [-0.1, -0.05) is 6.92 Å². The Hall–Kier alpha value is -0.570. The third-order valence-electron chi connectivity index (χ3n) is 2.62. The predicted molar refractivity (Wildman–Crippen MR) is 58.2 cm³/mol. The minimum atomic E-state index is 0.194. The van der Waals surface area contributed by atoms with E-state index in [1.54, 1.807) is 0 Å². The van der Waals surface area contributed by atoms with Crippen LogP contribution in [0.5, 0.6) is 0 Å². The molecule has 0 aromatic rings. The summed E-state index contributed by atoms with van der Waals surface area (Å²) in [5, 5.41) is 3.03. The van der Waals surface area contributed by atoms with Crippen LogP contribution in [0.2, 0.25) is 0 Å².